The first-order valence-electron chi connectivity index (χ1n) is 8.50. The van der Waals surface area contributed by atoms with Crippen LogP contribution >= 0.6 is 0 Å². The van der Waals surface area contributed by atoms with Crippen LogP contribution in [0.15, 0.2) is 18.2 Å². The third-order valence-electron chi connectivity index (χ3n) is 5.26. The summed E-state index contributed by atoms with van der Waals surface area (Å²) in [4.78, 5) is 23.4. The molecule has 1 aromatic carbocycles. The van der Waals surface area contributed by atoms with Crippen LogP contribution in [0.4, 0.5) is 0 Å². The van der Waals surface area contributed by atoms with Crippen molar-refractivity contribution in [1.29, 1.82) is 0 Å². The lowest BCUT2D eigenvalue weighted by molar-refractivity contribution is -0.123. The van der Waals surface area contributed by atoms with Crippen LogP contribution in [0.2, 0.25) is 0 Å². The summed E-state index contributed by atoms with van der Waals surface area (Å²) in [5.74, 6) is 1.67. The van der Waals surface area contributed by atoms with Gasteiger partial charge in [0.05, 0.1) is 18.6 Å². The zero-order valence-corrected chi connectivity index (χ0v) is 13.7. The first-order valence-corrected chi connectivity index (χ1v) is 8.50. The number of ketones is 1. The van der Waals surface area contributed by atoms with Gasteiger partial charge in [0.2, 0.25) is 0 Å². The zero-order chi connectivity index (χ0) is 16.3. The molecular weight excluding hydrogens is 292 g/mol. The molecule has 124 valence electrons. The highest BCUT2D eigenvalue weighted by Gasteiger charge is 2.37. The predicted molar refractivity (Wildman–Crippen MR) is 87.1 cm³/mol. The van der Waals surface area contributed by atoms with Crippen LogP contribution in [-0.4, -0.2) is 25.3 Å². The van der Waals surface area contributed by atoms with Gasteiger partial charge in [0.15, 0.2) is 11.5 Å². The van der Waals surface area contributed by atoms with E-state index < -0.39 is 5.41 Å². The smallest absolute Gasteiger partial charge is 0.161 e. The van der Waals surface area contributed by atoms with Crippen molar-refractivity contribution in [3.05, 3.63) is 23.8 Å². The van der Waals surface area contributed by atoms with Gasteiger partial charge in [-0.05, 0) is 56.2 Å². The molecule has 0 amide bonds. The minimum absolute atomic E-state index is 0.235. The number of benzene rings is 1. The Labute approximate surface area is 137 Å². The van der Waals surface area contributed by atoms with Crippen LogP contribution in [0.25, 0.3) is 0 Å². The van der Waals surface area contributed by atoms with Crippen molar-refractivity contribution in [3.63, 3.8) is 0 Å². The van der Waals surface area contributed by atoms with Gasteiger partial charge in [-0.15, -0.1) is 0 Å². The highest BCUT2D eigenvalue weighted by molar-refractivity contribution is 5.83. The van der Waals surface area contributed by atoms with Crippen LogP contribution in [-0.2, 0) is 15.0 Å². The standard InChI is InChI=1S/C19H24O4/c1-22-17-7-6-14(12-18(17)23-16-4-2-3-5-16)19(13-20)10-8-15(21)9-11-19/h6-7,12-13,16H,2-5,8-11H2,1H3. The number of carbonyl (C=O) groups excluding carboxylic acids is 2. The number of rotatable bonds is 5. The lowest BCUT2D eigenvalue weighted by Gasteiger charge is -2.32. The molecule has 1 aromatic rings. The van der Waals surface area contributed by atoms with E-state index in [1.165, 1.54) is 12.8 Å². The largest absolute Gasteiger partial charge is 0.493 e. The molecule has 0 heterocycles. The molecule has 4 nitrogen and oxygen atoms in total. The number of hydrogen-bond donors (Lipinski definition) is 0. The Hall–Kier alpha value is -1.84. The summed E-state index contributed by atoms with van der Waals surface area (Å²) in [5, 5.41) is 0. The first kappa shape index (κ1) is 16.0. The molecule has 2 saturated carbocycles. The summed E-state index contributed by atoms with van der Waals surface area (Å²) in [6.07, 6.45) is 7.92. The van der Waals surface area contributed by atoms with Gasteiger partial charge < -0.3 is 14.3 Å². The highest BCUT2D eigenvalue weighted by Crippen LogP contribution is 2.41. The third-order valence-corrected chi connectivity index (χ3v) is 5.26. The molecular formula is C19H24O4. The number of methoxy groups -OCH3 is 1. The Balaban J connectivity index is 1.89. The van der Waals surface area contributed by atoms with Crippen molar-refractivity contribution >= 4 is 12.1 Å². The SMILES string of the molecule is COc1ccc(C2(C=O)CCC(=O)CC2)cc1OC1CCCC1. The van der Waals surface area contributed by atoms with Crippen molar-refractivity contribution in [2.75, 3.05) is 7.11 Å². The maximum absolute atomic E-state index is 11.8. The van der Waals surface area contributed by atoms with Crippen molar-refractivity contribution in [2.45, 2.75) is 62.9 Å². The molecule has 0 N–H and O–H groups in total. The van der Waals surface area contributed by atoms with E-state index in [4.69, 9.17) is 9.47 Å². The number of hydrogen-bond acceptors (Lipinski definition) is 4. The summed E-state index contributed by atoms with van der Waals surface area (Å²) >= 11 is 0. The van der Waals surface area contributed by atoms with Crippen molar-refractivity contribution in [1.82, 2.24) is 0 Å². The fraction of sp³-hybridized carbons (Fsp3) is 0.579. The first-order chi connectivity index (χ1) is 11.2. The third kappa shape index (κ3) is 3.26. The number of Topliss-reactive ketones (excluding diaryl/α,β-unsaturated/α-hetero) is 1. The Morgan fingerprint density at radius 1 is 1.13 bits per heavy atom. The van der Waals surface area contributed by atoms with E-state index in [0.717, 1.165) is 30.4 Å². The normalized spacial score (nSPS) is 21.2. The molecule has 4 heteroatoms. The molecule has 0 spiro atoms. The predicted octanol–water partition coefficient (Wildman–Crippen LogP) is 3.60. The van der Waals surface area contributed by atoms with E-state index in [2.05, 4.69) is 0 Å². The minimum atomic E-state index is -0.562. The molecule has 0 radical (unpaired) electrons. The highest BCUT2D eigenvalue weighted by atomic mass is 16.5. The second kappa shape index (κ2) is 6.73. The Morgan fingerprint density at radius 3 is 2.43 bits per heavy atom. The molecule has 0 saturated heterocycles. The molecule has 3 rings (SSSR count). The van der Waals surface area contributed by atoms with Gasteiger partial charge in [-0.25, -0.2) is 0 Å². The van der Waals surface area contributed by atoms with Crippen molar-refractivity contribution in [3.8, 4) is 11.5 Å². The van der Waals surface area contributed by atoms with E-state index in [9.17, 15) is 9.59 Å². The maximum atomic E-state index is 11.8. The van der Waals surface area contributed by atoms with E-state index in [1.54, 1.807) is 7.11 Å². The fourth-order valence-electron chi connectivity index (χ4n) is 3.71. The summed E-state index contributed by atoms with van der Waals surface area (Å²) in [6.45, 7) is 0. The molecule has 0 aliphatic heterocycles. The van der Waals surface area contributed by atoms with Crippen LogP contribution in [0.1, 0.15) is 56.9 Å². The second-order valence-corrected chi connectivity index (χ2v) is 6.70. The lowest BCUT2D eigenvalue weighted by Crippen LogP contribution is -2.33. The second-order valence-electron chi connectivity index (χ2n) is 6.70. The zero-order valence-electron chi connectivity index (χ0n) is 13.7. The molecule has 23 heavy (non-hydrogen) atoms. The average molecular weight is 316 g/mol. The summed E-state index contributed by atoms with van der Waals surface area (Å²) < 4.78 is 11.5. The van der Waals surface area contributed by atoms with Crippen LogP contribution in [0, 0.1) is 0 Å². The maximum Gasteiger partial charge on any atom is 0.161 e. The van der Waals surface area contributed by atoms with E-state index in [1.807, 2.05) is 18.2 Å². The van der Waals surface area contributed by atoms with Gasteiger partial charge >= 0.3 is 0 Å². The average Bonchev–Trinajstić information content (AvgIpc) is 3.09. The molecule has 2 aliphatic rings. The van der Waals surface area contributed by atoms with Crippen LogP contribution in [0.3, 0.4) is 0 Å². The van der Waals surface area contributed by atoms with Gasteiger partial charge in [0.25, 0.3) is 0 Å². The summed E-state index contributed by atoms with van der Waals surface area (Å²) in [7, 11) is 1.63. The molecule has 0 atom stereocenters. The van der Waals surface area contributed by atoms with Gasteiger partial charge in [-0.2, -0.15) is 0 Å². The molecule has 2 fully saturated rings. The molecule has 0 unspecified atom stereocenters. The van der Waals surface area contributed by atoms with Gasteiger partial charge in [0, 0.05) is 12.8 Å². The fourth-order valence-corrected chi connectivity index (χ4v) is 3.71. The molecule has 0 bridgehead atoms. The Morgan fingerprint density at radius 2 is 1.83 bits per heavy atom. The Bertz CT molecular complexity index is 577. The molecule has 0 aromatic heterocycles. The van der Waals surface area contributed by atoms with E-state index >= 15 is 0 Å². The van der Waals surface area contributed by atoms with Crippen LogP contribution in [0.5, 0.6) is 11.5 Å². The van der Waals surface area contributed by atoms with Crippen LogP contribution < -0.4 is 9.47 Å². The summed E-state index contributed by atoms with van der Waals surface area (Å²) in [6, 6.07) is 5.76. The minimum Gasteiger partial charge on any atom is -0.493 e. The quantitative estimate of drug-likeness (QED) is 0.779. The Kier molecular flexibility index (Phi) is 4.69. The monoisotopic (exact) mass is 316 g/mol. The van der Waals surface area contributed by atoms with E-state index in [-0.39, 0.29) is 11.9 Å². The number of aldehydes is 1. The molecule has 2 aliphatic carbocycles. The van der Waals surface area contributed by atoms with Crippen molar-refractivity contribution < 1.29 is 19.1 Å². The van der Waals surface area contributed by atoms with Gasteiger partial charge in [0.1, 0.15) is 12.1 Å². The van der Waals surface area contributed by atoms with Gasteiger partial charge in [-0.3, -0.25) is 4.79 Å². The number of carbonyl (C=O) groups is 2. The summed E-state index contributed by atoms with van der Waals surface area (Å²) in [5.41, 5.74) is 0.377. The topological polar surface area (TPSA) is 52.6 Å². The number of ether oxygens (including phenoxy) is 2. The lowest BCUT2D eigenvalue weighted by atomic mass is 9.70. The van der Waals surface area contributed by atoms with Gasteiger partial charge in [-0.1, -0.05) is 6.07 Å². The van der Waals surface area contributed by atoms with E-state index in [0.29, 0.717) is 31.4 Å². The van der Waals surface area contributed by atoms with Crippen molar-refractivity contribution in [2.24, 2.45) is 0 Å².